The summed E-state index contributed by atoms with van der Waals surface area (Å²) in [5.74, 6) is 0.954. The maximum atomic E-state index is 13.1. The molecule has 2 heterocycles. The summed E-state index contributed by atoms with van der Waals surface area (Å²) >= 11 is 6.41. The van der Waals surface area contributed by atoms with Crippen molar-refractivity contribution < 1.29 is 13.2 Å². The molecule has 2 fully saturated rings. The number of piperidine rings is 2. The van der Waals surface area contributed by atoms with E-state index in [0.717, 1.165) is 44.5 Å². The summed E-state index contributed by atoms with van der Waals surface area (Å²) in [4.78, 5) is 16.2. The minimum Gasteiger partial charge on any atom is -0.371 e. The molecule has 0 N–H and O–H groups in total. The number of sulfonamides is 1. The Morgan fingerprint density at radius 2 is 1.60 bits per heavy atom. The predicted octanol–water partition coefficient (Wildman–Crippen LogP) is 4.23. The van der Waals surface area contributed by atoms with Gasteiger partial charge in [-0.1, -0.05) is 23.7 Å². The molecule has 0 aliphatic carbocycles. The standard InChI is InChI=1S/C26H31ClN4O3S/c1-29(2)26(32)23-8-7-22(17-24(23)27)30-13-9-19(10-14-30)20-11-15-31(16-12-20)35(33,34)25-6-4-3-5-21(25)18-28/h3-8,17,19-20H,9-16H2,1-2H3. The van der Waals surface area contributed by atoms with Crippen molar-refractivity contribution in [2.45, 2.75) is 30.6 Å². The highest BCUT2D eigenvalue weighted by Gasteiger charge is 2.35. The number of amides is 1. The molecule has 0 spiro atoms. The van der Waals surface area contributed by atoms with Gasteiger partial charge in [-0.25, -0.2) is 8.42 Å². The van der Waals surface area contributed by atoms with Crippen LogP contribution in [-0.2, 0) is 10.0 Å². The van der Waals surface area contributed by atoms with E-state index in [0.29, 0.717) is 35.5 Å². The van der Waals surface area contributed by atoms with Crippen LogP contribution in [0.15, 0.2) is 47.4 Å². The van der Waals surface area contributed by atoms with Gasteiger partial charge < -0.3 is 9.80 Å². The molecule has 0 radical (unpaired) electrons. The van der Waals surface area contributed by atoms with E-state index in [1.54, 1.807) is 38.4 Å². The van der Waals surface area contributed by atoms with Crippen molar-refractivity contribution in [1.82, 2.24) is 9.21 Å². The topological polar surface area (TPSA) is 84.7 Å². The van der Waals surface area contributed by atoms with Crippen LogP contribution in [0.5, 0.6) is 0 Å². The SMILES string of the molecule is CN(C)C(=O)c1ccc(N2CCC(C3CCN(S(=O)(=O)c4ccccc4C#N)CC3)CC2)cc1Cl. The van der Waals surface area contributed by atoms with Crippen LogP contribution in [0.4, 0.5) is 5.69 Å². The van der Waals surface area contributed by atoms with Crippen LogP contribution in [-0.4, -0.2) is 63.8 Å². The molecule has 4 rings (SSSR count). The fraction of sp³-hybridized carbons (Fsp3) is 0.462. The van der Waals surface area contributed by atoms with Crippen LogP contribution in [0.25, 0.3) is 0 Å². The van der Waals surface area contributed by atoms with Gasteiger partial charge in [-0.2, -0.15) is 9.57 Å². The van der Waals surface area contributed by atoms with Crippen LogP contribution in [0.3, 0.4) is 0 Å². The van der Waals surface area contributed by atoms with Crippen molar-refractivity contribution >= 4 is 33.2 Å². The molecule has 2 aromatic rings. The molecule has 0 unspecified atom stereocenters. The third kappa shape index (κ3) is 5.32. The number of anilines is 1. The highest BCUT2D eigenvalue weighted by Crippen LogP contribution is 2.36. The summed E-state index contributed by atoms with van der Waals surface area (Å²) in [5, 5.41) is 9.78. The number of hydrogen-bond acceptors (Lipinski definition) is 5. The average Bonchev–Trinajstić information content (AvgIpc) is 2.88. The van der Waals surface area contributed by atoms with Gasteiger partial charge in [0.15, 0.2) is 0 Å². The Balaban J connectivity index is 1.33. The molecule has 0 aromatic heterocycles. The van der Waals surface area contributed by atoms with Crippen molar-refractivity contribution in [1.29, 1.82) is 5.26 Å². The van der Waals surface area contributed by atoms with Crippen molar-refractivity contribution in [3.8, 4) is 6.07 Å². The number of rotatable bonds is 5. The molecule has 0 atom stereocenters. The van der Waals surface area contributed by atoms with Crippen molar-refractivity contribution in [2.75, 3.05) is 45.2 Å². The highest BCUT2D eigenvalue weighted by atomic mass is 35.5. The summed E-state index contributed by atoms with van der Waals surface area (Å²) in [7, 11) is -0.238. The molecule has 0 bridgehead atoms. The molecular weight excluding hydrogens is 484 g/mol. The van der Waals surface area contributed by atoms with E-state index in [4.69, 9.17) is 11.6 Å². The zero-order valence-electron chi connectivity index (χ0n) is 20.2. The lowest BCUT2D eigenvalue weighted by Crippen LogP contribution is -2.43. The normalized spacial score (nSPS) is 18.3. The van der Waals surface area contributed by atoms with E-state index < -0.39 is 10.0 Å². The Kier molecular flexibility index (Phi) is 7.70. The number of carbonyl (C=O) groups is 1. The number of nitriles is 1. The molecule has 1 amide bonds. The summed E-state index contributed by atoms with van der Waals surface area (Å²) < 4.78 is 27.8. The molecular formula is C26H31ClN4O3S. The quantitative estimate of drug-likeness (QED) is 0.596. The van der Waals surface area contributed by atoms with Gasteiger partial charge in [0.2, 0.25) is 10.0 Å². The first-order valence-corrected chi connectivity index (χ1v) is 13.8. The molecule has 186 valence electrons. The van der Waals surface area contributed by atoms with Gasteiger partial charge in [-0.05, 0) is 67.9 Å². The first-order chi connectivity index (χ1) is 16.7. The molecule has 2 aliphatic rings. The number of hydrogen-bond donors (Lipinski definition) is 0. The monoisotopic (exact) mass is 514 g/mol. The van der Waals surface area contributed by atoms with Gasteiger partial charge >= 0.3 is 0 Å². The lowest BCUT2D eigenvalue weighted by Gasteiger charge is -2.40. The Hall–Kier alpha value is -2.60. The molecule has 2 aromatic carbocycles. The molecule has 2 saturated heterocycles. The average molecular weight is 515 g/mol. The zero-order chi connectivity index (χ0) is 25.2. The fourth-order valence-corrected chi connectivity index (χ4v) is 7.12. The van der Waals surface area contributed by atoms with Crippen LogP contribution >= 0.6 is 11.6 Å². The van der Waals surface area contributed by atoms with Crippen molar-refractivity contribution in [3.63, 3.8) is 0 Å². The molecule has 0 saturated carbocycles. The Labute approximate surface area is 212 Å². The third-order valence-corrected chi connectivity index (χ3v) is 9.55. The first kappa shape index (κ1) is 25.5. The maximum absolute atomic E-state index is 13.1. The lowest BCUT2D eigenvalue weighted by molar-refractivity contribution is 0.0828. The smallest absolute Gasteiger partial charge is 0.254 e. The summed E-state index contributed by atoms with van der Waals surface area (Å²) in [5.41, 5.74) is 1.73. The zero-order valence-corrected chi connectivity index (χ0v) is 21.7. The fourth-order valence-electron chi connectivity index (χ4n) is 5.25. The molecule has 7 nitrogen and oxygen atoms in total. The van der Waals surface area contributed by atoms with Gasteiger partial charge in [0.05, 0.1) is 21.0 Å². The second-order valence-electron chi connectivity index (χ2n) is 9.54. The minimum atomic E-state index is -3.66. The number of halogens is 1. The Morgan fingerprint density at radius 1 is 1.00 bits per heavy atom. The van der Waals surface area contributed by atoms with Crippen LogP contribution in [0.1, 0.15) is 41.6 Å². The van der Waals surface area contributed by atoms with Gasteiger partial charge in [0.1, 0.15) is 6.07 Å². The Morgan fingerprint density at radius 3 is 2.17 bits per heavy atom. The summed E-state index contributed by atoms with van der Waals surface area (Å²) in [6.07, 6.45) is 3.77. The van der Waals surface area contributed by atoms with E-state index in [2.05, 4.69) is 4.90 Å². The van der Waals surface area contributed by atoms with Crippen molar-refractivity contribution in [3.05, 3.63) is 58.6 Å². The van der Waals surface area contributed by atoms with Crippen molar-refractivity contribution in [2.24, 2.45) is 11.8 Å². The van der Waals surface area contributed by atoms with Gasteiger partial charge in [-0.15, -0.1) is 0 Å². The van der Waals surface area contributed by atoms with Gasteiger partial charge in [0, 0.05) is 46.0 Å². The van der Waals surface area contributed by atoms with Crippen LogP contribution in [0, 0.1) is 23.2 Å². The van der Waals surface area contributed by atoms with E-state index in [-0.39, 0.29) is 16.4 Å². The van der Waals surface area contributed by atoms with Crippen LogP contribution in [0.2, 0.25) is 5.02 Å². The second-order valence-corrected chi connectivity index (χ2v) is 11.9. The number of carbonyl (C=O) groups excluding carboxylic acids is 1. The van der Waals surface area contributed by atoms with Gasteiger partial charge in [-0.3, -0.25) is 4.79 Å². The Bertz CT molecular complexity index is 1230. The molecule has 2 aliphatic heterocycles. The minimum absolute atomic E-state index is 0.103. The summed E-state index contributed by atoms with van der Waals surface area (Å²) in [6, 6.07) is 14.0. The van der Waals surface area contributed by atoms with E-state index >= 15 is 0 Å². The maximum Gasteiger partial charge on any atom is 0.254 e. The van der Waals surface area contributed by atoms with Gasteiger partial charge in [0.25, 0.3) is 5.91 Å². The second kappa shape index (κ2) is 10.6. The largest absolute Gasteiger partial charge is 0.371 e. The summed E-state index contributed by atoms with van der Waals surface area (Å²) in [6.45, 7) is 2.81. The van der Waals surface area contributed by atoms with E-state index in [1.165, 1.54) is 15.3 Å². The first-order valence-electron chi connectivity index (χ1n) is 12.0. The predicted molar refractivity (Wildman–Crippen MR) is 137 cm³/mol. The molecule has 35 heavy (non-hydrogen) atoms. The lowest BCUT2D eigenvalue weighted by atomic mass is 9.79. The van der Waals surface area contributed by atoms with Crippen LogP contribution < -0.4 is 4.90 Å². The molecule has 9 heteroatoms. The number of benzene rings is 2. The van der Waals surface area contributed by atoms with E-state index in [1.807, 2.05) is 18.2 Å². The number of nitrogens with zero attached hydrogens (tertiary/aromatic N) is 4. The van der Waals surface area contributed by atoms with E-state index in [9.17, 15) is 18.5 Å². The highest BCUT2D eigenvalue weighted by molar-refractivity contribution is 7.89. The third-order valence-electron chi connectivity index (χ3n) is 7.28.